The molecule has 1 aliphatic heterocycles. The molecule has 1 amide bonds. The molecule has 33 heavy (non-hydrogen) atoms. The molecule has 8 atom stereocenters. The van der Waals surface area contributed by atoms with Crippen molar-refractivity contribution < 1.29 is 22.8 Å². The van der Waals surface area contributed by atoms with E-state index in [0.29, 0.717) is 24.7 Å². The number of halogens is 3. The Kier molecular flexibility index (Phi) is 5.45. The summed E-state index contributed by atoms with van der Waals surface area (Å²) in [5.41, 5.74) is -0.266. The molecule has 2 unspecified atom stereocenters. The van der Waals surface area contributed by atoms with Gasteiger partial charge in [0.15, 0.2) is 5.78 Å². The van der Waals surface area contributed by atoms with Gasteiger partial charge < -0.3 is 5.32 Å². The van der Waals surface area contributed by atoms with Crippen LogP contribution in [-0.4, -0.2) is 23.9 Å². The Morgan fingerprint density at radius 3 is 2.36 bits per heavy atom. The van der Waals surface area contributed by atoms with Crippen molar-refractivity contribution in [2.45, 2.75) is 83.4 Å². The fourth-order valence-electron chi connectivity index (χ4n) is 8.53. The first-order chi connectivity index (χ1) is 15.6. The molecule has 1 heterocycles. The van der Waals surface area contributed by atoms with Gasteiger partial charge in [0.2, 0.25) is 5.91 Å². The molecule has 6 heteroatoms. The third-order valence-corrected chi connectivity index (χ3v) is 10.2. The largest absolute Gasteiger partial charge is 0.402 e. The quantitative estimate of drug-likeness (QED) is 0.597. The van der Waals surface area contributed by atoms with Crippen molar-refractivity contribution >= 4 is 11.7 Å². The minimum absolute atomic E-state index is 0.0544. The maximum absolute atomic E-state index is 14.1. The van der Waals surface area contributed by atoms with Crippen LogP contribution >= 0.6 is 0 Å². The lowest BCUT2D eigenvalue weighted by Gasteiger charge is -2.60. The number of amides is 1. The lowest BCUT2D eigenvalue weighted by atomic mass is 9.46. The van der Waals surface area contributed by atoms with E-state index in [1.54, 1.807) is 18.2 Å². The average molecular weight is 462 g/mol. The van der Waals surface area contributed by atoms with Crippen molar-refractivity contribution in [2.75, 3.05) is 0 Å². The number of hydrogen-bond acceptors (Lipinski definition) is 2. The molecular formula is C27H34F3NO2. The summed E-state index contributed by atoms with van der Waals surface area (Å²) in [4.78, 5) is 25.6. The third-order valence-electron chi connectivity index (χ3n) is 10.2. The Morgan fingerprint density at radius 2 is 1.67 bits per heavy atom. The lowest BCUT2D eigenvalue weighted by molar-refractivity contribution is -0.170. The first-order valence-electron chi connectivity index (χ1n) is 12.5. The van der Waals surface area contributed by atoms with Gasteiger partial charge in [-0.1, -0.05) is 44.2 Å². The van der Waals surface area contributed by atoms with Crippen LogP contribution in [0.3, 0.4) is 0 Å². The van der Waals surface area contributed by atoms with E-state index in [4.69, 9.17) is 0 Å². The molecule has 1 N–H and O–H groups in total. The highest BCUT2D eigenvalue weighted by Crippen LogP contribution is 2.66. The summed E-state index contributed by atoms with van der Waals surface area (Å²) in [6.07, 6.45) is 1.91. The number of fused-ring (bicyclic) bond motifs is 5. The van der Waals surface area contributed by atoms with Gasteiger partial charge in [-0.3, -0.25) is 9.59 Å². The highest BCUT2D eigenvalue weighted by atomic mass is 19.4. The van der Waals surface area contributed by atoms with Gasteiger partial charge in [-0.25, -0.2) is 0 Å². The van der Waals surface area contributed by atoms with E-state index in [-0.39, 0.29) is 34.3 Å². The van der Waals surface area contributed by atoms with Crippen LogP contribution < -0.4 is 5.32 Å². The Hall–Kier alpha value is -1.85. The van der Waals surface area contributed by atoms with Crippen LogP contribution in [0.1, 0.15) is 76.7 Å². The SMILES string of the molecule is C[C@]12CC[C@H]3[C@@H](CCC4NC(=O)CC[C@@]43C)[C@@H]1CC[C@@H]2C(=O)C(c1ccccc1)C(F)(F)F. The second kappa shape index (κ2) is 7.84. The number of piperidine rings is 1. The molecule has 5 rings (SSSR count). The zero-order chi connectivity index (χ0) is 23.6. The fraction of sp³-hybridized carbons (Fsp3) is 0.704. The molecule has 1 aromatic rings. The molecule has 3 nitrogen and oxygen atoms in total. The summed E-state index contributed by atoms with van der Waals surface area (Å²) >= 11 is 0. The standard InChI is InChI=1S/C27H34F3NO2/c1-25-14-12-19-17(8-11-21-26(19,2)15-13-22(32)31-21)18(25)9-10-20(25)24(33)23(27(28,29)30)16-6-4-3-5-7-16/h3-7,17-21,23H,8-15H2,1-2H3,(H,31,32)/t17-,18-,19-,20+,21?,23?,25-,26+/m0/s1. The summed E-state index contributed by atoms with van der Waals surface area (Å²) in [6.45, 7) is 4.40. The van der Waals surface area contributed by atoms with Crippen molar-refractivity contribution in [2.24, 2.45) is 34.5 Å². The minimum atomic E-state index is -4.59. The van der Waals surface area contributed by atoms with E-state index in [2.05, 4.69) is 19.2 Å². The van der Waals surface area contributed by atoms with Gasteiger partial charge >= 0.3 is 6.18 Å². The highest BCUT2D eigenvalue weighted by Gasteiger charge is 2.63. The number of alkyl halides is 3. The van der Waals surface area contributed by atoms with Crippen LogP contribution in [0.25, 0.3) is 0 Å². The van der Waals surface area contributed by atoms with Crippen molar-refractivity contribution in [1.29, 1.82) is 0 Å². The minimum Gasteiger partial charge on any atom is -0.353 e. The lowest BCUT2D eigenvalue weighted by Crippen LogP contribution is -2.61. The molecule has 0 aromatic heterocycles. The van der Waals surface area contributed by atoms with E-state index in [0.717, 1.165) is 38.5 Å². The van der Waals surface area contributed by atoms with Gasteiger partial charge in [0, 0.05) is 18.4 Å². The van der Waals surface area contributed by atoms with Gasteiger partial charge in [-0.05, 0) is 79.1 Å². The molecule has 0 bridgehead atoms. The van der Waals surface area contributed by atoms with Gasteiger partial charge in [0.1, 0.15) is 5.92 Å². The number of hydrogen-bond donors (Lipinski definition) is 1. The predicted molar refractivity (Wildman–Crippen MR) is 119 cm³/mol. The Labute approximate surface area is 193 Å². The maximum atomic E-state index is 14.1. The third kappa shape index (κ3) is 3.54. The van der Waals surface area contributed by atoms with E-state index < -0.39 is 23.8 Å². The molecule has 1 saturated heterocycles. The van der Waals surface area contributed by atoms with Crippen molar-refractivity contribution in [3.05, 3.63) is 35.9 Å². The van der Waals surface area contributed by atoms with Gasteiger partial charge in [-0.15, -0.1) is 0 Å². The van der Waals surface area contributed by atoms with E-state index in [1.807, 2.05) is 0 Å². The van der Waals surface area contributed by atoms with E-state index in [1.165, 1.54) is 12.1 Å². The van der Waals surface area contributed by atoms with Crippen molar-refractivity contribution in [3.63, 3.8) is 0 Å². The molecule has 4 aliphatic rings. The zero-order valence-corrected chi connectivity index (χ0v) is 19.5. The smallest absolute Gasteiger partial charge is 0.353 e. The Balaban J connectivity index is 1.42. The summed E-state index contributed by atoms with van der Waals surface area (Å²) in [7, 11) is 0. The highest BCUT2D eigenvalue weighted by molar-refractivity contribution is 5.89. The number of Topliss-reactive ketones (excluding diaryl/α,β-unsaturated/α-hetero) is 1. The van der Waals surface area contributed by atoms with Crippen LogP contribution in [0.15, 0.2) is 30.3 Å². The molecule has 0 spiro atoms. The van der Waals surface area contributed by atoms with Crippen LogP contribution in [0.2, 0.25) is 0 Å². The number of nitrogens with one attached hydrogen (secondary N) is 1. The molecule has 4 fully saturated rings. The van der Waals surface area contributed by atoms with Crippen LogP contribution in [0.4, 0.5) is 13.2 Å². The molecule has 180 valence electrons. The summed E-state index contributed by atoms with van der Waals surface area (Å²) in [5, 5.41) is 3.22. The summed E-state index contributed by atoms with van der Waals surface area (Å²) in [5.74, 6) is -1.91. The topological polar surface area (TPSA) is 46.2 Å². The van der Waals surface area contributed by atoms with E-state index >= 15 is 0 Å². The van der Waals surface area contributed by atoms with Gasteiger partial charge in [0.05, 0.1) is 0 Å². The number of rotatable bonds is 3. The summed E-state index contributed by atoms with van der Waals surface area (Å²) in [6, 6.07) is 7.90. The van der Waals surface area contributed by atoms with Gasteiger partial charge in [0.25, 0.3) is 0 Å². The molecule has 3 aliphatic carbocycles. The zero-order valence-electron chi connectivity index (χ0n) is 19.5. The Bertz CT molecular complexity index is 931. The maximum Gasteiger partial charge on any atom is 0.402 e. The number of ketones is 1. The first-order valence-corrected chi connectivity index (χ1v) is 12.5. The van der Waals surface area contributed by atoms with Crippen molar-refractivity contribution in [1.82, 2.24) is 5.32 Å². The average Bonchev–Trinajstić information content (AvgIpc) is 3.11. The number of carbonyl (C=O) groups excluding carboxylic acids is 2. The van der Waals surface area contributed by atoms with Crippen molar-refractivity contribution in [3.8, 4) is 0 Å². The number of carbonyl (C=O) groups is 2. The number of benzene rings is 1. The fourth-order valence-corrected chi connectivity index (χ4v) is 8.53. The van der Waals surface area contributed by atoms with Gasteiger partial charge in [-0.2, -0.15) is 13.2 Å². The molecule has 1 aromatic carbocycles. The molecule has 0 radical (unpaired) electrons. The van der Waals surface area contributed by atoms with E-state index in [9.17, 15) is 22.8 Å². The molecule has 3 saturated carbocycles. The Morgan fingerprint density at radius 1 is 0.970 bits per heavy atom. The normalized spacial score (nSPS) is 41.4. The van der Waals surface area contributed by atoms with Crippen LogP contribution in [-0.2, 0) is 9.59 Å². The predicted octanol–water partition coefficient (Wildman–Crippen LogP) is 6.04. The first kappa shape index (κ1) is 22.9. The van der Waals surface area contributed by atoms with Crippen LogP contribution in [0.5, 0.6) is 0 Å². The van der Waals surface area contributed by atoms with Crippen LogP contribution in [0, 0.1) is 34.5 Å². The second-order valence-electron chi connectivity index (χ2n) is 11.5. The second-order valence-corrected chi connectivity index (χ2v) is 11.5. The monoisotopic (exact) mass is 461 g/mol. The summed E-state index contributed by atoms with van der Waals surface area (Å²) < 4.78 is 42.4. The molecular weight excluding hydrogens is 427 g/mol.